The smallest absolute Gasteiger partial charge is 0.110 e. The van der Waals surface area contributed by atoms with Crippen LogP contribution in [0.4, 0.5) is 0 Å². The van der Waals surface area contributed by atoms with Crippen LogP contribution in [0.2, 0.25) is 0 Å². The molecule has 78 valence electrons. The molecule has 1 aromatic heterocycles. The number of nitrogens with one attached hydrogen (secondary N) is 1. The summed E-state index contributed by atoms with van der Waals surface area (Å²) in [5.74, 6) is 0. The van der Waals surface area contributed by atoms with Gasteiger partial charge < -0.3 is 4.98 Å². The van der Waals surface area contributed by atoms with Gasteiger partial charge in [0, 0.05) is 5.56 Å². The number of hydrogen-bond acceptors (Lipinski definition) is 1. The maximum absolute atomic E-state index is 4.32. The fraction of sp³-hybridized carbons (Fsp3) is 0.250. The van der Waals surface area contributed by atoms with Gasteiger partial charge in [-0.25, -0.2) is 4.98 Å². The minimum Gasteiger partial charge on any atom is -0.339 e. The highest BCUT2D eigenvalue weighted by atomic mass is 79.9. The summed E-state index contributed by atoms with van der Waals surface area (Å²) in [6, 6.07) is 4.26. The van der Waals surface area contributed by atoms with Crippen molar-refractivity contribution in [2.45, 2.75) is 20.8 Å². The zero-order chi connectivity index (χ0) is 11.0. The van der Waals surface area contributed by atoms with Gasteiger partial charge in [0.05, 0.1) is 6.33 Å². The highest BCUT2D eigenvalue weighted by molar-refractivity contribution is 9.10. The predicted molar refractivity (Wildman–Crippen MR) is 65.9 cm³/mol. The summed E-state index contributed by atoms with van der Waals surface area (Å²) in [7, 11) is 0. The topological polar surface area (TPSA) is 28.7 Å². The number of nitrogens with zero attached hydrogens (tertiary/aromatic N) is 1. The van der Waals surface area contributed by atoms with Gasteiger partial charge >= 0.3 is 0 Å². The Labute approximate surface area is 97.9 Å². The van der Waals surface area contributed by atoms with E-state index in [0.717, 1.165) is 10.3 Å². The summed E-state index contributed by atoms with van der Waals surface area (Å²) in [6.07, 6.45) is 1.70. The molecule has 0 unspecified atom stereocenters. The average molecular weight is 265 g/mol. The Morgan fingerprint density at radius 3 is 2.47 bits per heavy atom. The molecule has 0 saturated carbocycles. The lowest BCUT2D eigenvalue weighted by atomic mass is 9.97. The Hall–Kier alpha value is -1.09. The summed E-state index contributed by atoms with van der Waals surface area (Å²) < 4.78 is 0.939. The highest BCUT2D eigenvalue weighted by Crippen LogP contribution is 2.30. The minimum absolute atomic E-state index is 0.939. The first-order valence-electron chi connectivity index (χ1n) is 4.87. The van der Waals surface area contributed by atoms with Crippen LogP contribution >= 0.6 is 15.9 Å². The second-order valence-electron chi connectivity index (χ2n) is 3.75. The lowest BCUT2D eigenvalue weighted by Crippen LogP contribution is -1.91. The standard InChI is InChI=1S/C12H13BrN2/c1-7-4-5-10(9(3)8(7)2)11-12(13)15-6-14-11/h4-6H,1-3H3,(H,14,15). The van der Waals surface area contributed by atoms with E-state index in [-0.39, 0.29) is 0 Å². The molecule has 0 bridgehead atoms. The van der Waals surface area contributed by atoms with Gasteiger partial charge in [0.1, 0.15) is 10.3 Å². The van der Waals surface area contributed by atoms with Crippen LogP contribution < -0.4 is 0 Å². The molecule has 0 aliphatic carbocycles. The van der Waals surface area contributed by atoms with E-state index in [0.29, 0.717) is 0 Å². The number of hydrogen-bond donors (Lipinski definition) is 1. The Morgan fingerprint density at radius 2 is 1.87 bits per heavy atom. The molecule has 0 fully saturated rings. The Balaban J connectivity index is 2.65. The fourth-order valence-electron chi connectivity index (χ4n) is 1.68. The summed E-state index contributed by atoms with van der Waals surface area (Å²) in [5.41, 5.74) is 6.12. The van der Waals surface area contributed by atoms with Crippen LogP contribution in [-0.4, -0.2) is 9.97 Å². The lowest BCUT2D eigenvalue weighted by Gasteiger charge is -2.09. The van der Waals surface area contributed by atoms with Gasteiger partial charge in [0.25, 0.3) is 0 Å². The van der Waals surface area contributed by atoms with Crippen LogP contribution in [-0.2, 0) is 0 Å². The number of aromatic amines is 1. The van der Waals surface area contributed by atoms with Gasteiger partial charge in [-0.2, -0.15) is 0 Å². The van der Waals surface area contributed by atoms with Crippen LogP contribution in [0, 0.1) is 20.8 Å². The molecule has 0 atom stereocenters. The second kappa shape index (κ2) is 3.81. The number of rotatable bonds is 1. The number of H-pyrrole nitrogens is 1. The van der Waals surface area contributed by atoms with Crippen molar-refractivity contribution in [2.75, 3.05) is 0 Å². The van der Waals surface area contributed by atoms with E-state index in [1.807, 2.05) is 0 Å². The molecule has 3 heteroatoms. The Bertz CT molecular complexity index is 500. The van der Waals surface area contributed by atoms with Crippen molar-refractivity contribution in [3.8, 4) is 11.3 Å². The molecule has 1 aromatic carbocycles. The number of imidazole rings is 1. The van der Waals surface area contributed by atoms with Gasteiger partial charge in [-0.05, 0) is 53.4 Å². The normalized spacial score (nSPS) is 10.7. The van der Waals surface area contributed by atoms with Crippen molar-refractivity contribution in [1.82, 2.24) is 9.97 Å². The number of halogens is 1. The van der Waals surface area contributed by atoms with Crippen molar-refractivity contribution in [1.29, 1.82) is 0 Å². The molecular formula is C12H13BrN2. The van der Waals surface area contributed by atoms with E-state index in [1.54, 1.807) is 6.33 Å². The third kappa shape index (κ3) is 1.72. The highest BCUT2D eigenvalue weighted by Gasteiger charge is 2.10. The molecule has 0 radical (unpaired) electrons. The van der Waals surface area contributed by atoms with Crippen molar-refractivity contribution < 1.29 is 0 Å². The van der Waals surface area contributed by atoms with Gasteiger partial charge in [0.2, 0.25) is 0 Å². The summed E-state index contributed by atoms with van der Waals surface area (Å²) in [5, 5.41) is 0. The predicted octanol–water partition coefficient (Wildman–Crippen LogP) is 3.76. The van der Waals surface area contributed by atoms with E-state index in [2.05, 4.69) is 58.8 Å². The number of benzene rings is 1. The lowest BCUT2D eigenvalue weighted by molar-refractivity contribution is 1.25. The van der Waals surface area contributed by atoms with Crippen molar-refractivity contribution >= 4 is 15.9 Å². The zero-order valence-electron chi connectivity index (χ0n) is 9.06. The maximum Gasteiger partial charge on any atom is 0.110 e. The van der Waals surface area contributed by atoms with E-state index in [1.165, 1.54) is 22.3 Å². The number of aryl methyl sites for hydroxylation is 1. The molecule has 0 amide bonds. The monoisotopic (exact) mass is 264 g/mol. The summed E-state index contributed by atoms with van der Waals surface area (Å²) in [4.78, 5) is 7.35. The molecular weight excluding hydrogens is 252 g/mol. The Kier molecular flexibility index (Phi) is 2.65. The minimum atomic E-state index is 0.939. The zero-order valence-corrected chi connectivity index (χ0v) is 10.6. The van der Waals surface area contributed by atoms with Gasteiger partial charge in [-0.1, -0.05) is 12.1 Å². The first-order valence-corrected chi connectivity index (χ1v) is 5.66. The maximum atomic E-state index is 4.32. The van der Waals surface area contributed by atoms with Gasteiger partial charge in [-0.15, -0.1) is 0 Å². The molecule has 2 nitrogen and oxygen atoms in total. The second-order valence-corrected chi connectivity index (χ2v) is 4.54. The van der Waals surface area contributed by atoms with E-state index in [9.17, 15) is 0 Å². The Morgan fingerprint density at radius 1 is 1.13 bits per heavy atom. The van der Waals surface area contributed by atoms with E-state index < -0.39 is 0 Å². The third-order valence-corrected chi connectivity index (χ3v) is 3.51. The average Bonchev–Trinajstić information content (AvgIpc) is 2.62. The molecule has 2 rings (SSSR count). The first-order chi connectivity index (χ1) is 7.11. The molecule has 0 saturated heterocycles. The van der Waals surface area contributed by atoms with Crippen LogP contribution in [0.1, 0.15) is 16.7 Å². The van der Waals surface area contributed by atoms with Crippen LogP contribution in [0.5, 0.6) is 0 Å². The van der Waals surface area contributed by atoms with Crippen LogP contribution in [0.25, 0.3) is 11.3 Å². The quantitative estimate of drug-likeness (QED) is 0.835. The first kappa shape index (κ1) is 10.4. The van der Waals surface area contributed by atoms with Gasteiger partial charge in [-0.3, -0.25) is 0 Å². The van der Waals surface area contributed by atoms with E-state index >= 15 is 0 Å². The summed E-state index contributed by atoms with van der Waals surface area (Å²) >= 11 is 3.46. The summed E-state index contributed by atoms with van der Waals surface area (Å²) in [6.45, 7) is 6.42. The molecule has 0 aliphatic rings. The van der Waals surface area contributed by atoms with Crippen molar-refractivity contribution in [2.24, 2.45) is 0 Å². The molecule has 2 aromatic rings. The SMILES string of the molecule is Cc1ccc(-c2nc[nH]c2Br)c(C)c1C. The molecule has 0 spiro atoms. The van der Waals surface area contributed by atoms with Crippen LogP contribution in [0.3, 0.4) is 0 Å². The molecule has 1 N–H and O–H groups in total. The van der Waals surface area contributed by atoms with Crippen LogP contribution in [0.15, 0.2) is 23.1 Å². The van der Waals surface area contributed by atoms with E-state index in [4.69, 9.17) is 0 Å². The number of aromatic nitrogens is 2. The molecule has 15 heavy (non-hydrogen) atoms. The van der Waals surface area contributed by atoms with Crippen molar-refractivity contribution in [3.63, 3.8) is 0 Å². The molecule has 0 aliphatic heterocycles. The third-order valence-electron chi connectivity index (χ3n) is 2.91. The molecule has 1 heterocycles. The largest absolute Gasteiger partial charge is 0.339 e. The van der Waals surface area contributed by atoms with Crippen molar-refractivity contribution in [3.05, 3.63) is 39.8 Å². The van der Waals surface area contributed by atoms with Gasteiger partial charge in [0.15, 0.2) is 0 Å². The fourth-order valence-corrected chi connectivity index (χ4v) is 2.10.